The number of hydrogen-bond acceptors (Lipinski definition) is 6. The number of ketones is 1. The summed E-state index contributed by atoms with van der Waals surface area (Å²) in [7, 11) is 0. The predicted molar refractivity (Wildman–Crippen MR) is 129 cm³/mol. The lowest BCUT2D eigenvalue weighted by Crippen LogP contribution is -2.33. The van der Waals surface area contributed by atoms with Crippen LogP contribution in [0.1, 0.15) is 15.9 Å². The van der Waals surface area contributed by atoms with Crippen molar-refractivity contribution in [2.45, 2.75) is 13.0 Å². The number of carbonyl (C=O) groups excluding carboxylic acids is 2. The Bertz CT molecular complexity index is 1410. The van der Waals surface area contributed by atoms with Gasteiger partial charge in [-0.1, -0.05) is 72.8 Å². The number of carbonyl (C=O) groups is 2. The fourth-order valence-corrected chi connectivity index (χ4v) is 3.50. The summed E-state index contributed by atoms with van der Waals surface area (Å²) >= 11 is 0. The quantitative estimate of drug-likeness (QED) is 0.121. The minimum atomic E-state index is -1.48. The molecule has 168 valence electrons. The van der Waals surface area contributed by atoms with Gasteiger partial charge in [-0.2, -0.15) is 10.2 Å². The topological polar surface area (TPSA) is 114 Å². The molecule has 0 aliphatic heterocycles. The fourth-order valence-electron chi connectivity index (χ4n) is 3.50. The zero-order valence-corrected chi connectivity index (χ0v) is 18.2. The first-order valence-electron chi connectivity index (χ1n) is 10.5. The molecule has 4 aromatic carbocycles. The molecule has 8 nitrogen and oxygen atoms in total. The van der Waals surface area contributed by atoms with Crippen molar-refractivity contribution in [3.05, 3.63) is 112 Å². The molecule has 1 amide bonds. The van der Waals surface area contributed by atoms with Crippen LogP contribution in [0.2, 0.25) is 0 Å². The summed E-state index contributed by atoms with van der Waals surface area (Å²) in [6, 6.07) is 24.2. The second-order valence-corrected chi connectivity index (χ2v) is 7.59. The van der Waals surface area contributed by atoms with E-state index < -0.39 is 22.7 Å². The SMILES string of the molecule is Cc1ccc(N=NC(C(=O)Nc2cccc3ccccc23)C(=O)c2ccccc2)cc1[N+](=O)[O-]. The summed E-state index contributed by atoms with van der Waals surface area (Å²) in [6.45, 7) is 1.61. The van der Waals surface area contributed by atoms with Crippen LogP contribution in [0.25, 0.3) is 10.8 Å². The van der Waals surface area contributed by atoms with Gasteiger partial charge >= 0.3 is 0 Å². The van der Waals surface area contributed by atoms with Gasteiger partial charge in [0.15, 0.2) is 5.78 Å². The molecule has 34 heavy (non-hydrogen) atoms. The van der Waals surface area contributed by atoms with Crippen LogP contribution in [-0.4, -0.2) is 22.7 Å². The van der Waals surface area contributed by atoms with Gasteiger partial charge < -0.3 is 5.32 Å². The number of anilines is 1. The lowest BCUT2D eigenvalue weighted by molar-refractivity contribution is -0.385. The van der Waals surface area contributed by atoms with E-state index in [1.54, 1.807) is 55.5 Å². The highest BCUT2D eigenvalue weighted by Gasteiger charge is 2.28. The average molecular weight is 452 g/mol. The molecule has 1 unspecified atom stereocenters. The van der Waals surface area contributed by atoms with E-state index >= 15 is 0 Å². The Kier molecular flexibility index (Phi) is 6.49. The highest BCUT2D eigenvalue weighted by Crippen LogP contribution is 2.26. The third-order valence-electron chi connectivity index (χ3n) is 5.28. The number of nitro benzene ring substituents is 1. The minimum Gasteiger partial charge on any atom is -0.323 e. The molecule has 4 rings (SSSR count). The minimum absolute atomic E-state index is 0.123. The maximum atomic E-state index is 13.2. The molecule has 0 bridgehead atoms. The summed E-state index contributed by atoms with van der Waals surface area (Å²) in [5.41, 5.74) is 1.35. The van der Waals surface area contributed by atoms with Crippen LogP contribution in [0.15, 0.2) is 101 Å². The maximum absolute atomic E-state index is 13.2. The smallest absolute Gasteiger partial charge is 0.274 e. The molecule has 1 N–H and O–H groups in total. The molecular formula is C26H20N4O4. The Balaban J connectivity index is 1.69. The average Bonchev–Trinajstić information content (AvgIpc) is 2.85. The van der Waals surface area contributed by atoms with Crippen molar-refractivity contribution in [1.82, 2.24) is 0 Å². The molecule has 8 heteroatoms. The summed E-state index contributed by atoms with van der Waals surface area (Å²) in [5, 5.41) is 23.8. The molecule has 0 saturated heterocycles. The van der Waals surface area contributed by atoms with Crippen LogP contribution in [0.4, 0.5) is 17.1 Å². The van der Waals surface area contributed by atoms with Crippen molar-refractivity contribution in [2.75, 3.05) is 5.32 Å². The lowest BCUT2D eigenvalue weighted by atomic mass is 10.0. The number of nitrogens with one attached hydrogen (secondary N) is 1. The van der Waals surface area contributed by atoms with E-state index in [2.05, 4.69) is 15.5 Å². The van der Waals surface area contributed by atoms with Gasteiger partial charge in [-0.05, 0) is 24.4 Å². The van der Waals surface area contributed by atoms with Crippen LogP contribution in [0, 0.1) is 17.0 Å². The summed E-state index contributed by atoms with van der Waals surface area (Å²) in [6.07, 6.45) is 0. The molecule has 0 aliphatic rings. The molecule has 0 heterocycles. The normalized spacial score (nSPS) is 11.9. The first kappa shape index (κ1) is 22.5. The molecule has 0 fully saturated rings. The Labute approximate surface area is 195 Å². The van der Waals surface area contributed by atoms with Crippen molar-refractivity contribution in [2.24, 2.45) is 10.2 Å². The van der Waals surface area contributed by atoms with Gasteiger partial charge in [-0.25, -0.2) is 0 Å². The zero-order chi connectivity index (χ0) is 24.1. The number of Topliss-reactive ketones (excluding diaryl/α,β-unsaturated/α-hetero) is 1. The number of amides is 1. The van der Waals surface area contributed by atoms with Gasteiger partial charge in [0.2, 0.25) is 6.04 Å². The number of benzene rings is 4. The van der Waals surface area contributed by atoms with Gasteiger partial charge in [0, 0.05) is 28.3 Å². The molecule has 0 saturated carbocycles. The number of aryl methyl sites for hydroxylation is 1. The van der Waals surface area contributed by atoms with E-state index in [1.165, 1.54) is 12.1 Å². The van der Waals surface area contributed by atoms with Crippen molar-refractivity contribution in [3.63, 3.8) is 0 Å². The highest BCUT2D eigenvalue weighted by atomic mass is 16.6. The molecule has 0 aliphatic carbocycles. The zero-order valence-electron chi connectivity index (χ0n) is 18.2. The summed E-state index contributed by atoms with van der Waals surface area (Å²) < 4.78 is 0. The lowest BCUT2D eigenvalue weighted by Gasteiger charge is -2.13. The summed E-state index contributed by atoms with van der Waals surface area (Å²) in [4.78, 5) is 37.1. The number of hydrogen-bond donors (Lipinski definition) is 1. The van der Waals surface area contributed by atoms with E-state index in [9.17, 15) is 19.7 Å². The Hall–Kier alpha value is -4.72. The maximum Gasteiger partial charge on any atom is 0.274 e. The van der Waals surface area contributed by atoms with E-state index in [4.69, 9.17) is 0 Å². The van der Waals surface area contributed by atoms with Gasteiger partial charge in [-0.3, -0.25) is 19.7 Å². The Morgan fingerprint density at radius 1 is 0.912 bits per heavy atom. The van der Waals surface area contributed by atoms with Crippen LogP contribution < -0.4 is 5.32 Å². The highest BCUT2D eigenvalue weighted by molar-refractivity contribution is 6.18. The number of nitro groups is 1. The monoisotopic (exact) mass is 452 g/mol. The Morgan fingerprint density at radius 2 is 1.62 bits per heavy atom. The van der Waals surface area contributed by atoms with E-state index in [0.29, 0.717) is 16.8 Å². The third kappa shape index (κ3) is 4.86. The molecule has 0 aromatic heterocycles. The van der Waals surface area contributed by atoms with Crippen LogP contribution >= 0.6 is 0 Å². The van der Waals surface area contributed by atoms with Crippen molar-refractivity contribution < 1.29 is 14.5 Å². The molecule has 0 spiro atoms. The van der Waals surface area contributed by atoms with E-state index in [-0.39, 0.29) is 11.4 Å². The van der Waals surface area contributed by atoms with E-state index in [1.807, 2.05) is 30.3 Å². The molecule has 1 atom stereocenters. The fraction of sp³-hybridized carbons (Fsp3) is 0.0769. The van der Waals surface area contributed by atoms with Gasteiger partial charge in [0.1, 0.15) is 0 Å². The molecular weight excluding hydrogens is 432 g/mol. The van der Waals surface area contributed by atoms with Crippen molar-refractivity contribution in [3.8, 4) is 0 Å². The van der Waals surface area contributed by atoms with Crippen LogP contribution in [0.5, 0.6) is 0 Å². The van der Waals surface area contributed by atoms with Crippen LogP contribution in [0.3, 0.4) is 0 Å². The molecule has 0 radical (unpaired) electrons. The first-order valence-corrected chi connectivity index (χ1v) is 10.5. The van der Waals surface area contributed by atoms with Crippen LogP contribution in [-0.2, 0) is 4.79 Å². The Morgan fingerprint density at radius 3 is 2.38 bits per heavy atom. The second kappa shape index (κ2) is 9.83. The van der Waals surface area contributed by atoms with E-state index in [0.717, 1.165) is 10.8 Å². The number of nitrogens with zero attached hydrogens (tertiary/aromatic N) is 3. The second-order valence-electron chi connectivity index (χ2n) is 7.59. The number of fused-ring (bicyclic) bond motifs is 1. The largest absolute Gasteiger partial charge is 0.323 e. The van der Waals surface area contributed by atoms with Gasteiger partial charge in [0.25, 0.3) is 11.6 Å². The standard InChI is InChI=1S/C26H20N4O4/c1-17-14-15-20(16-23(17)30(33)34)28-29-24(25(31)19-9-3-2-4-10-19)26(32)27-22-13-7-11-18-8-5-6-12-21(18)22/h2-16,24H,1H3,(H,27,32). The van der Waals surface area contributed by atoms with Gasteiger partial charge in [-0.15, -0.1) is 0 Å². The van der Waals surface area contributed by atoms with Crippen molar-refractivity contribution >= 4 is 39.5 Å². The molecule has 4 aromatic rings. The van der Waals surface area contributed by atoms with Gasteiger partial charge in [0.05, 0.1) is 10.6 Å². The first-order chi connectivity index (χ1) is 16.4. The number of azo groups is 1. The predicted octanol–water partition coefficient (Wildman–Crippen LogP) is 6.03. The number of rotatable bonds is 7. The summed E-state index contributed by atoms with van der Waals surface area (Å²) in [5.74, 6) is -1.20. The van der Waals surface area contributed by atoms with Crippen molar-refractivity contribution in [1.29, 1.82) is 0 Å². The third-order valence-corrected chi connectivity index (χ3v) is 5.28.